The van der Waals surface area contributed by atoms with Crippen LogP contribution in [-0.4, -0.2) is 12.1 Å². The van der Waals surface area contributed by atoms with Gasteiger partial charge in [-0.3, -0.25) is 4.79 Å². The number of halogens is 3. The first-order chi connectivity index (χ1) is 7.84. The summed E-state index contributed by atoms with van der Waals surface area (Å²) in [4.78, 5) is 11.0. The van der Waals surface area contributed by atoms with Gasteiger partial charge in [-0.2, -0.15) is 13.2 Å². The SMILES string of the molecule is C=CC(=O)NC(c1cccc(C)c1)C(F)(F)F. The first-order valence-corrected chi connectivity index (χ1v) is 4.91. The zero-order valence-corrected chi connectivity index (χ0v) is 9.21. The largest absolute Gasteiger partial charge is 0.412 e. The van der Waals surface area contributed by atoms with Crippen LogP contribution in [0.5, 0.6) is 0 Å². The highest BCUT2D eigenvalue weighted by molar-refractivity contribution is 5.87. The lowest BCUT2D eigenvalue weighted by atomic mass is 10.0. The van der Waals surface area contributed by atoms with Crippen LogP contribution in [0.1, 0.15) is 17.2 Å². The Morgan fingerprint density at radius 3 is 2.59 bits per heavy atom. The maximum absolute atomic E-state index is 12.8. The van der Waals surface area contributed by atoms with E-state index in [4.69, 9.17) is 0 Å². The van der Waals surface area contributed by atoms with Crippen molar-refractivity contribution in [3.63, 3.8) is 0 Å². The molecule has 0 saturated heterocycles. The minimum Gasteiger partial charge on any atom is -0.337 e. The van der Waals surface area contributed by atoms with E-state index in [0.29, 0.717) is 5.56 Å². The maximum Gasteiger partial charge on any atom is 0.412 e. The Morgan fingerprint density at radius 1 is 1.47 bits per heavy atom. The normalized spacial score (nSPS) is 12.9. The molecule has 2 nitrogen and oxygen atoms in total. The van der Waals surface area contributed by atoms with Crippen LogP contribution in [0.2, 0.25) is 0 Å². The molecule has 0 aliphatic heterocycles. The molecule has 0 radical (unpaired) electrons. The number of nitrogens with one attached hydrogen (secondary N) is 1. The highest BCUT2D eigenvalue weighted by Gasteiger charge is 2.41. The average molecular weight is 243 g/mol. The van der Waals surface area contributed by atoms with E-state index in [2.05, 4.69) is 6.58 Å². The van der Waals surface area contributed by atoms with Gasteiger partial charge in [0.1, 0.15) is 0 Å². The molecule has 1 rings (SSSR count). The molecule has 1 atom stereocenters. The molecule has 0 heterocycles. The molecule has 92 valence electrons. The summed E-state index contributed by atoms with van der Waals surface area (Å²) in [6.07, 6.45) is -3.72. The first-order valence-electron chi connectivity index (χ1n) is 4.91. The van der Waals surface area contributed by atoms with Crippen LogP contribution in [0.25, 0.3) is 0 Å². The van der Waals surface area contributed by atoms with Crippen LogP contribution in [0.3, 0.4) is 0 Å². The summed E-state index contributed by atoms with van der Waals surface area (Å²) < 4.78 is 38.4. The summed E-state index contributed by atoms with van der Waals surface area (Å²) in [6, 6.07) is 3.92. The molecule has 0 aliphatic carbocycles. The molecule has 1 unspecified atom stereocenters. The minimum absolute atomic E-state index is 0.00713. The van der Waals surface area contributed by atoms with Crippen LogP contribution in [-0.2, 0) is 4.79 Å². The van der Waals surface area contributed by atoms with E-state index < -0.39 is 18.1 Å². The standard InChI is InChI=1S/C12H12F3NO/c1-3-10(17)16-11(12(13,14)15)9-6-4-5-8(2)7-9/h3-7,11H,1H2,2H3,(H,16,17). The number of hydrogen-bond donors (Lipinski definition) is 1. The Balaban J connectivity index is 3.06. The van der Waals surface area contributed by atoms with E-state index >= 15 is 0 Å². The number of alkyl halides is 3. The van der Waals surface area contributed by atoms with Crippen LogP contribution in [0, 0.1) is 6.92 Å². The molecule has 1 aromatic carbocycles. The molecule has 0 saturated carbocycles. The summed E-state index contributed by atoms with van der Waals surface area (Å²) in [5.41, 5.74) is 0.706. The number of carbonyl (C=O) groups is 1. The molecule has 1 N–H and O–H groups in total. The third-order valence-corrected chi connectivity index (χ3v) is 2.17. The van der Waals surface area contributed by atoms with Gasteiger partial charge < -0.3 is 5.32 Å². The molecule has 5 heteroatoms. The highest BCUT2D eigenvalue weighted by atomic mass is 19.4. The molecule has 0 aromatic heterocycles. The number of carbonyl (C=O) groups excluding carboxylic acids is 1. The van der Waals surface area contributed by atoms with Gasteiger partial charge in [-0.1, -0.05) is 36.4 Å². The molecule has 0 bridgehead atoms. The summed E-state index contributed by atoms with van der Waals surface area (Å²) >= 11 is 0. The van der Waals surface area contributed by atoms with E-state index in [0.717, 1.165) is 6.08 Å². The number of benzene rings is 1. The van der Waals surface area contributed by atoms with Crippen molar-refractivity contribution in [3.05, 3.63) is 48.0 Å². The Morgan fingerprint density at radius 2 is 2.12 bits per heavy atom. The third kappa shape index (κ3) is 3.62. The van der Waals surface area contributed by atoms with E-state index in [-0.39, 0.29) is 5.56 Å². The second-order valence-corrected chi connectivity index (χ2v) is 3.60. The van der Waals surface area contributed by atoms with Crippen molar-refractivity contribution in [2.45, 2.75) is 19.1 Å². The van der Waals surface area contributed by atoms with Crippen LogP contribution in [0.15, 0.2) is 36.9 Å². The molecule has 1 amide bonds. The fraction of sp³-hybridized carbons (Fsp3) is 0.250. The first kappa shape index (κ1) is 13.3. The van der Waals surface area contributed by atoms with E-state index in [1.54, 1.807) is 13.0 Å². The van der Waals surface area contributed by atoms with Crippen molar-refractivity contribution in [1.29, 1.82) is 0 Å². The van der Waals surface area contributed by atoms with Crippen molar-refractivity contribution in [1.82, 2.24) is 5.32 Å². The van der Waals surface area contributed by atoms with Crippen molar-refractivity contribution >= 4 is 5.91 Å². The van der Waals surface area contributed by atoms with Crippen molar-refractivity contribution in [2.75, 3.05) is 0 Å². The zero-order valence-electron chi connectivity index (χ0n) is 9.21. The lowest BCUT2D eigenvalue weighted by molar-refractivity contribution is -0.162. The van der Waals surface area contributed by atoms with Gasteiger partial charge in [-0.05, 0) is 18.6 Å². The summed E-state index contributed by atoms with van der Waals surface area (Å²) in [7, 11) is 0. The number of amides is 1. The third-order valence-electron chi connectivity index (χ3n) is 2.17. The monoisotopic (exact) mass is 243 g/mol. The van der Waals surface area contributed by atoms with Gasteiger partial charge in [0, 0.05) is 0 Å². The van der Waals surface area contributed by atoms with Crippen LogP contribution < -0.4 is 5.32 Å². The van der Waals surface area contributed by atoms with Gasteiger partial charge in [0.25, 0.3) is 0 Å². The second kappa shape index (κ2) is 5.03. The fourth-order valence-corrected chi connectivity index (χ4v) is 1.41. The summed E-state index contributed by atoms with van der Waals surface area (Å²) in [6.45, 7) is 4.81. The zero-order chi connectivity index (χ0) is 13.1. The second-order valence-electron chi connectivity index (χ2n) is 3.60. The molecular formula is C12H12F3NO. The molecule has 0 fully saturated rings. The Bertz CT molecular complexity index is 426. The van der Waals surface area contributed by atoms with Gasteiger partial charge >= 0.3 is 6.18 Å². The van der Waals surface area contributed by atoms with E-state index in [1.807, 2.05) is 5.32 Å². The van der Waals surface area contributed by atoms with Crippen LogP contribution in [0.4, 0.5) is 13.2 Å². The predicted molar refractivity (Wildman–Crippen MR) is 58.3 cm³/mol. The maximum atomic E-state index is 12.8. The average Bonchev–Trinajstić information content (AvgIpc) is 2.23. The summed E-state index contributed by atoms with van der Waals surface area (Å²) in [5, 5.41) is 1.87. The van der Waals surface area contributed by atoms with Gasteiger partial charge in [0.2, 0.25) is 5.91 Å². The van der Waals surface area contributed by atoms with Gasteiger partial charge in [0.15, 0.2) is 6.04 Å². The lowest BCUT2D eigenvalue weighted by Crippen LogP contribution is -2.37. The topological polar surface area (TPSA) is 29.1 Å². The Labute approximate surface area is 97.1 Å². The molecule has 0 spiro atoms. The smallest absolute Gasteiger partial charge is 0.337 e. The number of aryl methyl sites for hydroxylation is 1. The predicted octanol–water partition coefficient (Wildman–Crippen LogP) is 2.90. The fourth-order valence-electron chi connectivity index (χ4n) is 1.41. The summed E-state index contributed by atoms with van der Waals surface area (Å²) in [5.74, 6) is -0.853. The lowest BCUT2D eigenvalue weighted by Gasteiger charge is -2.21. The van der Waals surface area contributed by atoms with Gasteiger partial charge in [0.05, 0.1) is 0 Å². The Hall–Kier alpha value is -1.78. The van der Waals surface area contributed by atoms with E-state index in [1.165, 1.54) is 18.2 Å². The quantitative estimate of drug-likeness (QED) is 0.812. The molecule has 1 aromatic rings. The van der Waals surface area contributed by atoms with Gasteiger partial charge in [-0.25, -0.2) is 0 Å². The number of rotatable bonds is 3. The van der Waals surface area contributed by atoms with Crippen molar-refractivity contribution in [2.24, 2.45) is 0 Å². The minimum atomic E-state index is -4.54. The van der Waals surface area contributed by atoms with E-state index in [9.17, 15) is 18.0 Å². The van der Waals surface area contributed by atoms with Crippen molar-refractivity contribution < 1.29 is 18.0 Å². The molecular weight excluding hydrogens is 231 g/mol. The van der Waals surface area contributed by atoms with Crippen molar-refractivity contribution in [3.8, 4) is 0 Å². The Kier molecular flexibility index (Phi) is 3.93. The number of hydrogen-bond acceptors (Lipinski definition) is 1. The molecule has 17 heavy (non-hydrogen) atoms. The molecule has 0 aliphatic rings. The van der Waals surface area contributed by atoms with Gasteiger partial charge in [-0.15, -0.1) is 0 Å². The highest BCUT2D eigenvalue weighted by Crippen LogP contribution is 2.32. The van der Waals surface area contributed by atoms with Crippen LogP contribution >= 0.6 is 0 Å².